The van der Waals surface area contributed by atoms with Crippen molar-refractivity contribution in [3.8, 4) is 0 Å². The van der Waals surface area contributed by atoms with Gasteiger partial charge in [0.1, 0.15) is 6.61 Å². The van der Waals surface area contributed by atoms with Crippen LogP contribution in [-0.4, -0.2) is 12.6 Å². The molecule has 0 N–H and O–H groups in total. The van der Waals surface area contributed by atoms with Gasteiger partial charge in [-0.1, -0.05) is 19.1 Å². The number of hydrogen-bond donors (Lipinski definition) is 0. The first-order valence-electron chi connectivity index (χ1n) is 3.84. The molecule has 58 valence electrons. The summed E-state index contributed by atoms with van der Waals surface area (Å²) >= 11 is 0. The van der Waals surface area contributed by atoms with Crippen molar-refractivity contribution in [1.82, 2.24) is 0 Å². The fourth-order valence-corrected chi connectivity index (χ4v) is 1.64. The van der Waals surface area contributed by atoms with E-state index >= 15 is 0 Å². The molecule has 0 fully saturated rings. The first-order valence-corrected chi connectivity index (χ1v) is 3.84. The fourth-order valence-electron chi connectivity index (χ4n) is 1.64. The van der Waals surface area contributed by atoms with Gasteiger partial charge in [0.05, 0.1) is 0 Å². The summed E-state index contributed by atoms with van der Waals surface area (Å²) in [6.07, 6.45) is 5.06. The van der Waals surface area contributed by atoms with Gasteiger partial charge in [0.15, 0.2) is 0 Å². The maximum atomic E-state index is 11.1. The quantitative estimate of drug-likeness (QED) is 0.386. The Morgan fingerprint density at radius 1 is 1.64 bits per heavy atom. The second-order valence-electron chi connectivity index (χ2n) is 3.01. The molecular weight excluding hydrogens is 140 g/mol. The Kier molecular flexibility index (Phi) is 1.34. The van der Waals surface area contributed by atoms with Crippen LogP contribution in [0.4, 0.5) is 0 Å². The van der Waals surface area contributed by atoms with Crippen molar-refractivity contribution in [1.29, 1.82) is 0 Å². The molecule has 1 aliphatic carbocycles. The molecule has 0 aromatic rings. The molecule has 0 saturated carbocycles. The van der Waals surface area contributed by atoms with Crippen LogP contribution in [0.15, 0.2) is 23.3 Å². The van der Waals surface area contributed by atoms with Gasteiger partial charge in [-0.15, -0.1) is 0 Å². The highest BCUT2D eigenvalue weighted by molar-refractivity contribution is 5.93. The lowest BCUT2D eigenvalue weighted by molar-refractivity contribution is -0.136. The van der Waals surface area contributed by atoms with E-state index in [1.165, 1.54) is 5.57 Å². The Hall–Kier alpha value is -1.05. The van der Waals surface area contributed by atoms with E-state index in [1.807, 2.05) is 6.92 Å². The molecule has 1 unspecified atom stereocenters. The molecule has 0 aromatic heterocycles. The van der Waals surface area contributed by atoms with Crippen LogP contribution >= 0.6 is 0 Å². The average Bonchev–Trinajstić information content (AvgIpc) is 2.34. The van der Waals surface area contributed by atoms with Gasteiger partial charge in [0, 0.05) is 11.5 Å². The van der Waals surface area contributed by atoms with Crippen molar-refractivity contribution in [2.45, 2.75) is 13.3 Å². The summed E-state index contributed by atoms with van der Waals surface area (Å²) in [4.78, 5) is 11.1. The third-order valence-electron chi connectivity index (χ3n) is 2.22. The zero-order valence-corrected chi connectivity index (χ0v) is 6.46. The number of cyclic esters (lactones) is 1. The van der Waals surface area contributed by atoms with E-state index in [4.69, 9.17) is 4.74 Å². The lowest BCUT2D eigenvalue weighted by Crippen LogP contribution is -2.08. The zero-order chi connectivity index (χ0) is 7.84. The maximum Gasteiger partial charge on any atom is 0.335 e. The van der Waals surface area contributed by atoms with Gasteiger partial charge in [-0.25, -0.2) is 4.79 Å². The van der Waals surface area contributed by atoms with E-state index in [-0.39, 0.29) is 11.9 Å². The van der Waals surface area contributed by atoms with Gasteiger partial charge in [-0.05, 0) is 12.0 Å². The first-order chi connectivity index (χ1) is 5.29. The second-order valence-corrected chi connectivity index (χ2v) is 3.01. The molecule has 0 saturated heterocycles. The smallest absolute Gasteiger partial charge is 0.335 e. The van der Waals surface area contributed by atoms with E-state index in [0.717, 1.165) is 12.0 Å². The number of allylic oxidation sites excluding steroid dienone is 2. The molecule has 1 heterocycles. The van der Waals surface area contributed by atoms with Gasteiger partial charge in [-0.3, -0.25) is 0 Å². The summed E-state index contributed by atoms with van der Waals surface area (Å²) in [7, 11) is 0. The lowest BCUT2D eigenvalue weighted by atomic mass is 9.91. The lowest BCUT2D eigenvalue weighted by Gasteiger charge is -2.10. The number of hydrogen-bond acceptors (Lipinski definition) is 2. The topological polar surface area (TPSA) is 26.3 Å². The molecule has 0 radical (unpaired) electrons. The molecule has 2 rings (SSSR count). The molecule has 0 amide bonds. The molecule has 0 bridgehead atoms. The van der Waals surface area contributed by atoms with E-state index < -0.39 is 0 Å². The van der Waals surface area contributed by atoms with Crippen molar-refractivity contribution in [2.24, 2.45) is 5.92 Å². The van der Waals surface area contributed by atoms with E-state index in [2.05, 4.69) is 12.2 Å². The van der Waals surface area contributed by atoms with E-state index in [1.54, 1.807) is 0 Å². The highest BCUT2D eigenvalue weighted by Gasteiger charge is 2.28. The van der Waals surface area contributed by atoms with Crippen LogP contribution in [0.1, 0.15) is 13.3 Å². The predicted octanol–water partition coefficient (Wildman–Crippen LogP) is 1.44. The molecule has 2 aliphatic rings. The third kappa shape index (κ3) is 0.897. The van der Waals surface area contributed by atoms with Gasteiger partial charge in [0.25, 0.3) is 0 Å². The van der Waals surface area contributed by atoms with Crippen LogP contribution in [0.5, 0.6) is 0 Å². The van der Waals surface area contributed by atoms with Crippen LogP contribution in [0.2, 0.25) is 0 Å². The summed E-state index contributed by atoms with van der Waals surface area (Å²) in [6, 6.07) is 0. The second kappa shape index (κ2) is 2.22. The van der Waals surface area contributed by atoms with Gasteiger partial charge in [0.2, 0.25) is 0 Å². The monoisotopic (exact) mass is 150 g/mol. The maximum absolute atomic E-state index is 11.1. The number of esters is 1. The highest BCUT2D eigenvalue weighted by atomic mass is 16.5. The van der Waals surface area contributed by atoms with Crippen molar-refractivity contribution in [3.05, 3.63) is 23.3 Å². The van der Waals surface area contributed by atoms with Crippen LogP contribution < -0.4 is 0 Å². The van der Waals surface area contributed by atoms with Crippen molar-refractivity contribution in [3.63, 3.8) is 0 Å². The number of carbonyl (C=O) groups is 1. The molecule has 2 nitrogen and oxygen atoms in total. The summed E-state index contributed by atoms with van der Waals surface area (Å²) in [5.74, 6) is 0.144. The van der Waals surface area contributed by atoms with Gasteiger partial charge >= 0.3 is 5.97 Å². The Morgan fingerprint density at radius 2 is 2.45 bits per heavy atom. The molecule has 11 heavy (non-hydrogen) atoms. The standard InChI is InChI=1S/C9H10O2/c1-6-3-2-4-7-5-11-9(10)8(6)7/h2-3,6H,4-5H2,1H3. The molecule has 1 atom stereocenters. The minimum Gasteiger partial charge on any atom is -0.458 e. The zero-order valence-electron chi connectivity index (χ0n) is 6.46. The molecule has 0 aromatic carbocycles. The highest BCUT2D eigenvalue weighted by Crippen LogP contribution is 2.30. The summed E-state index contributed by atoms with van der Waals surface area (Å²) in [5.41, 5.74) is 2.07. The largest absolute Gasteiger partial charge is 0.458 e. The third-order valence-corrected chi connectivity index (χ3v) is 2.22. The normalized spacial score (nSPS) is 28.8. The van der Waals surface area contributed by atoms with Crippen molar-refractivity contribution >= 4 is 5.97 Å². The van der Waals surface area contributed by atoms with Crippen LogP contribution in [0.25, 0.3) is 0 Å². The SMILES string of the molecule is CC1C=CCC2=C1C(=O)OC2. The number of carbonyl (C=O) groups excluding carboxylic acids is 1. The van der Waals surface area contributed by atoms with Crippen molar-refractivity contribution in [2.75, 3.05) is 6.61 Å². The first kappa shape index (κ1) is 6.65. The Labute approximate surface area is 65.5 Å². The predicted molar refractivity (Wildman–Crippen MR) is 40.9 cm³/mol. The van der Waals surface area contributed by atoms with Crippen LogP contribution in [0.3, 0.4) is 0 Å². The molecule has 0 spiro atoms. The summed E-state index contributed by atoms with van der Waals surface area (Å²) in [6.45, 7) is 2.54. The van der Waals surface area contributed by atoms with Gasteiger partial charge < -0.3 is 4.74 Å². The van der Waals surface area contributed by atoms with E-state index in [9.17, 15) is 4.79 Å². The molecular formula is C9H10O2. The average molecular weight is 150 g/mol. The number of rotatable bonds is 0. The number of ether oxygens (including phenoxy) is 1. The Morgan fingerprint density at radius 3 is 3.18 bits per heavy atom. The minimum absolute atomic E-state index is 0.114. The summed E-state index contributed by atoms with van der Waals surface area (Å²) in [5, 5.41) is 0. The summed E-state index contributed by atoms with van der Waals surface area (Å²) < 4.78 is 4.92. The van der Waals surface area contributed by atoms with Crippen LogP contribution in [-0.2, 0) is 9.53 Å². The Bertz CT molecular complexity index is 261. The Balaban J connectivity index is 2.37. The van der Waals surface area contributed by atoms with Crippen LogP contribution in [0, 0.1) is 5.92 Å². The minimum atomic E-state index is -0.114. The molecule has 2 heteroatoms. The fraction of sp³-hybridized carbons (Fsp3) is 0.444. The van der Waals surface area contributed by atoms with Crippen molar-refractivity contribution < 1.29 is 9.53 Å². The molecule has 1 aliphatic heterocycles. The van der Waals surface area contributed by atoms with E-state index in [0.29, 0.717) is 6.61 Å². The van der Waals surface area contributed by atoms with Gasteiger partial charge in [-0.2, -0.15) is 0 Å².